The van der Waals surface area contributed by atoms with Crippen molar-refractivity contribution in [2.24, 2.45) is 0 Å². The lowest BCUT2D eigenvalue weighted by Crippen LogP contribution is -2.17. The van der Waals surface area contributed by atoms with E-state index in [2.05, 4.69) is 29.0 Å². The monoisotopic (exact) mass is 290 g/mol. The van der Waals surface area contributed by atoms with Crippen molar-refractivity contribution in [3.8, 4) is 0 Å². The van der Waals surface area contributed by atoms with Crippen molar-refractivity contribution in [3.63, 3.8) is 0 Å². The summed E-state index contributed by atoms with van der Waals surface area (Å²) in [5, 5.41) is 8.26. The predicted molar refractivity (Wildman–Crippen MR) is 83.3 cm³/mol. The van der Waals surface area contributed by atoms with E-state index in [1.807, 2.05) is 30.3 Å². The number of hydrogen-bond acceptors (Lipinski definition) is 4. The van der Waals surface area contributed by atoms with E-state index in [0.717, 1.165) is 11.4 Å². The zero-order chi connectivity index (χ0) is 14.4. The molecule has 1 aromatic carbocycles. The minimum Gasteiger partial charge on any atom is -0.378 e. The standard InChI is InChI=1S/C15H18N2O2S/c1-11(14-4-3-9-20-14)16-12-5-7-13(8-6-12)17-15(18)10-19-2/h3-9,11,16H,10H2,1-2H3,(H,17,18). The third-order valence-electron chi connectivity index (χ3n) is 2.80. The number of hydrogen-bond donors (Lipinski definition) is 2. The van der Waals surface area contributed by atoms with E-state index in [9.17, 15) is 4.79 Å². The first-order valence-electron chi connectivity index (χ1n) is 6.38. The molecule has 2 aromatic rings. The Hall–Kier alpha value is -1.85. The van der Waals surface area contributed by atoms with Crippen molar-refractivity contribution in [2.75, 3.05) is 24.4 Å². The Kier molecular flexibility index (Phi) is 5.15. The maximum atomic E-state index is 11.4. The summed E-state index contributed by atoms with van der Waals surface area (Å²) in [6.45, 7) is 2.19. The molecule has 0 spiro atoms. The van der Waals surface area contributed by atoms with E-state index in [1.165, 1.54) is 12.0 Å². The van der Waals surface area contributed by atoms with Crippen LogP contribution in [0.25, 0.3) is 0 Å². The highest BCUT2D eigenvalue weighted by Crippen LogP contribution is 2.23. The van der Waals surface area contributed by atoms with E-state index in [1.54, 1.807) is 11.3 Å². The van der Waals surface area contributed by atoms with E-state index in [-0.39, 0.29) is 18.6 Å². The quantitative estimate of drug-likeness (QED) is 0.856. The molecule has 0 saturated heterocycles. The molecule has 1 aromatic heterocycles. The van der Waals surface area contributed by atoms with Gasteiger partial charge >= 0.3 is 0 Å². The highest BCUT2D eigenvalue weighted by molar-refractivity contribution is 7.10. The SMILES string of the molecule is COCC(=O)Nc1ccc(NC(C)c2cccs2)cc1. The molecule has 0 radical (unpaired) electrons. The summed E-state index contributed by atoms with van der Waals surface area (Å²) in [6.07, 6.45) is 0. The van der Waals surface area contributed by atoms with Gasteiger partial charge in [0.2, 0.25) is 5.91 Å². The van der Waals surface area contributed by atoms with Crippen LogP contribution in [0.4, 0.5) is 11.4 Å². The molecular formula is C15H18N2O2S. The second kappa shape index (κ2) is 7.07. The first-order chi connectivity index (χ1) is 9.69. The summed E-state index contributed by atoms with van der Waals surface area (Å²) in [6, 6.07) is 12.1. The maximum Gasteiger partial charge on any atom is 0.250 e. The summed E-state index contributed by atoms with van der Waals surface area (Å²) in [5.41, 5.74) is 1.79. The summed E-state index contributed by atoms with van der Waals surface area (Å²) < 4.78 is 4.77. The molecule has 1 heterocycles. The molecule has 2 rings (SSSR count). The highest BCUT2D eigenvalue weighted by atomic mass is 32.1. The predicted octanol–water partition coefficient (Wildman–Crippen LogP) is 3.51. The first-order valence-corrected chi connectivity index (χ1v) is 7.26. The van der Waals surface area contributed by atoms with Crippen molar-refractivity contribution >= 4 is 28.6 Å². The van der Waals surface area contributed by atoms with Gasteiger partial charge in [-0.2, -0.15) is 0 Å². The van der Waals surface area contributed by atoms with Gasteiger partial charge < -0.3 is 15.4 Å². The van der Waals surface area contributed by atoms with Crippen molar-refractivity contribution in [3.05, 3.63) is 46.7 Å². The molecule has 2 N–H and O–H groups in total. The average molecular weight is 290 g/mol. The van der Waals surface area contributed by atoms with Crippen LogP contribution in [-0.4, -0.2) is 19.6 Å². The Morgan fingerprint density at radius 1 is 1.25 bits per heavy atom. The molecule has 20 heavy (non-hydrogen) atoms. The minimum absolute atomic E-state index is 0.0649. The summed E-state index contributed by atoms with van der Waals surface area (Å²) in [4.78, 5) is 12.7. The number of anilines is 2. The van der Waals surface area contributed by atoms with Crippen LogP contribution in [0.2, 0.25) is 0 Å². The fourth-order valence-electron chi connectivity index (χ4n) is 1.84. The van der Waals surface area contributed by atoms with Crippen LogP contribution in [0.15, 0.2) is 41.8 Å². The van der Waals surface area contributed by atoms with Crippen LogP contribution < -0.4 is 10.6 Å². The number of carbonyl (C=O) groups is 1. The largest absolute Gasteiger partial charge is 0.378 e. The lowest BCUT2D eigenvalue weighted by atomic mass is 10.2. The number of benzene rings is 1. The number of carbonyl (C=O) groups excluding carboxylic acids is 1. The van der Waals surface area contributed by atoms with Gasteiger partial charge in [-0.15, -0.1) is 11.3 Å². The van der Waals surface area contributed by atoms with Gasteiger partial charge in [-0.1, -0.05) is 6.07 Å². The van der Waals surface area contributed by atoms with Crippen LogP contribution in [0.1, 0.15) is 17.8 Å². The van der Waals surface area contributed by atoms with Gasteiger partial charge in [-0.25, -0.2) is 0 Å². The van der Waals surface area contributed by atoms with Gasteiger partial charge in [-0.3, -0.25) is 4.79 Å². The second-order valence-electron chi connectivity index (χ2n) is 4.44. The first kappa shape index (κ1) is 14.6. The molecule has 0 bridgehead atoms. The van der Waals surface area contributed by atoms with E-state index < -0.39 is 0 Å². The van der Waals surface area contributed by atoms with Gasteiger partial charge in [0.25, 0.3) is 0 Å². The fraction of sp³-hybridized carbons (Fsp3) is 0.267. The molecule has 0 saturated carbocycles. The zero-order valence-electron chi connectivity index (χ0n) is 11.6. The van der Waals surface area contributed by atoms with Crippen molar-refractivity contribution in [2.45, 2.75) is 13.0 Å². The van der Waals surface area contributed by atoms with E-state index in [0.29, 0.717) is 0 Å². The smallest absolute Gasteiger partial charge is 0.250 e. The van der Waals surface area contributed by atoms with Crippen LogP contribution in [0.5, 0.6) is 0 Å². The molecule has 0 aliphatic heterocycles. The number of nitrogens with one attached hydrogen (secondary N) is 2. The number of amides is 1. The van der Waals surface area contributed by atoms with Gasteiger partial charge in [0.1, 0.15) is 6.61 Å². The average Bonchev–Trinajstić information content (AvgIpc) is 2.95. The normalized spacial score (nSPS) is 11.9. The molecule has 1 atom stereocenters. The highest BCUT2D eigenvalue weighted by Gasteiger charge is 2.06. The lowest BCUT2D eigenvalue weighted by Gasteiger charge is -2.14. The fourth-order valence-corrected chi connectivity index (χ4v) is 2.57. The molecule has 0 aliphatic carbocycles. The zero-order valence-corrected chi connectivity index (χ0v) is 12.4. The van der Waals surface area contributed by atoms with Gasteiger partial charge in [-0.05, 0) is 42.6 Å². The second-order valence-corrected chi connectivity index (χ2v) is 5.42. The summed E-state index contributed by atoms with van der Waals surface area (Å²) in [5.74, 6) is -0.153. The Morgan fingerprint density at radius 3 is 2.55 bits per heavy atom. The molecule has 106 valence electrons. The van der Waals surface area contributed by atoms with E-state index >= 15 is 0 Å². The Morgan fingerprint density at radius 2 is 1.95 bits per heavy atom. The van der Waals surface area contributed by atoms with Crippen LogP contribution >= 0.6 is 11.3 Å². The Bertz CT molecular complexity index is 538. The Balaban J connectivity index is 1.93. The summed E-state index contributed by atoms with van der Waals surface area (Å²) >= 11 is 1.73. The third kappa shape index (κ3) is 4.08. The van der Waals surface area contributed by atoms with Crippen molar-refractivity contribution in [1.29, 1.82) is 0 Å². The van der Waals surface area contributed by atoms with Crippen LogP contribution in [0, 0.1) is 0 Å². The molecule has 0 aliphatic rings. The van der Waals surface area contributed by atoms with Crippen molar-refractivity contribution in [1.82, 2.24) is 0 Å². The summed E-state index contributed by atoms with van der Waals surface area (Å²) in [7, 11) is 1.50. The molecule has 5 heteroatoms. The topological polar surface area (TPSA) is 50.4 Å². The van der Waals surface area contributed by atoms with Gasteiger partial charge in [0.15, 0.2) is 0 Å². The van der Waals surface area contributed by atoms with Crippen LogP contribution in [0.3, 0.4) is 0 Å². The number of thiophene rings is 1. The molecule has 0 fully saturated rings. The third-order valence-corrected chi connectivity index (χ3v) is 3.85. The number of ether oxygens (including phenoxy) is 1. The van der Waals surface area contributed by atoms with E-state index in [4.69, 9.17) is 4.74 Å². The molecular weight excluding hydrogens is 272 g/mol. The molecule has 4 nitrogen and oxygen atoms in total. The van der Waals surface area contributed by atoms with Gasteiger partial charge in [0.05, 0.1) is 6.04 Å². The van der Waals surface area contributed by atoms with Crippen LogP contribution in [-0.2, 0) is 9.53 Å². The maximum absolute atomic E-state index is 11.4. The molecule has 1 amide bonds. The minimum atomic E-state index is -0.153. The Labute approximate surface area is 122 Å². The van der Waals surface area contributed by atoms with Crippen molar-refractivity contribution < 1.29 is 9.53 Å². The lowest BCUT2D eigenvalue weighted by molar-refractivity contribution is -0.119. The number of rotatable bonds is 6. The van der Waals surface area contributed by atoms with Gasteiger partial charge in [0, 0.05) is 23.4 Å². The molecule has 1 unspecified atom stereocenters. The number of methoxy groups -OCH3 is 1.